The quantitative estimate of drug-likeness (QED) is 0.925. The average Bonchev–Trinajstić information content (AvgIpc) is 3.25. The lowest BCUT2D eigenvalue weighted by Crippen LogP contribution is -2.41. The van der Waals surface area contributed by atoms with Crippen LogP contribution < -0.4 is 0 Å². The normalized spacial score (nSPS) is 22.1. The third-order valence-corrected chi connectivity index (χ3v) is 4.52. The molecule has 1 aromatic heterocycles. The third kappa shape index (κ3) is 2.41. The van der Waals surface area contributed by atoms with Crippen LogP contribution in [-0.2, 0) is 9.53 Å². The number of hydrogen-bond donors (Lipinski definition) is 1. The molecule has 5 heteroatoms. The Morgan fingerprint density at radius 2 is 2.36 bits per heavy atom. The lowest BCUT2D eigenvalue weighted by atomic mass is 9.98. The van der Waals surface area contributed by atoms with Crippen molar-refractivity contribution in [3.63, 3.8) is 0 Å². The van der Waals surface area contributed by atoms with Crippen molar-refractivity contribution in [2.75, 3.05) is 19.7 Å². The third-order valence-electron chi connectivity index (χ3n) is 4.52. The summed E-state index contributed by atoms with van der Waals surface area (Å²) in [5.41, 5.74) is 4.54. The lowest BCUT2D eigenvalue weighted by molar-refractivity contribution is -0.140. The number of H-pyrrole nitrogens is 1. The number of nitrogens with zero attached hydrogens (tertiary/aromatic N) is 2. The molecule has 1 atom stereocenters. The maximum atomic E-state index is 12.3. The molecule has 3 heterocycles. The fourth-order valence-electron chi connectivity index (χ4n) is 3.24. The van der Waals surface area contributed by atoms with E-state index in [-0.39, 0.29) is 12.0 Å². The van der Waals surface area contributed by atoms with Gasteiger partial charge in [0.25, 0.3) is 5.91 Å². The van der Waals surface area contributed by atoms with E-state index in [0.717, 1.165) is 43.4 Å². The number of amides is 1. The number of nitrogens with one attached hydrogen (secondary N) is 1. The molecule has 1 amide bonds. The molecule has 0 aliphatic carbocycles. The van der Waals surface area contributed by atoms with Gasteiger partial charge >= 0.3 is 0 Å². The Balaban J connectivity index is 1.49. The summed E-state index contributed by atoms with van der Waals surface area (Å²) in [6.45, 7) is 2.16. The van der Waals surface area contributed by atoms with E-state index in [0.29, 0.717) is 6.54 Å². The van der Waals surface area contributed by atoms with Crippen LogP contribution in [-0.4, -0.2) is 46.6 Å². The zero-order valence-corrected chi connectivity index (χ0v) is 12.4. The van der Waals surface area contributed by atoms with Crippen molar-refractivity contribution in [3.8, 4) is 0 Å². The molecule has 5 nitrogen and oxygen atoms in total. The molecule has 1 aromatic carbocycles. The van der Waals surface area contributed by atoms with Crippen LogP contribution in [0, 0.1) is 0 Å². The molecule has 0 bridgehead atoms. The van der Waals surface area contributed by atoms with Gasteiger partial charge in [-0.3, -0.25) is 4.79 Å². The zero-order chi connectivity index (χ0) is 14.9. The van der Waals surface area contributed by atoms with E-state index in [1.165, 1.54) is 11.1 Å². The molecule has 2 aliphatic heterocycles. The van der Waals surface area contributed by atoms with Crippen molar-refractivity contribution in [1.82, 2.24) is 14.9 Å². The number of carbonyl (C=O) groups is 1. The molecule has 0 saturated carbocycles. The molecule has 2 aliphatic rings. The monoisotopic (exact) mass is 297 g/mol. The van der Waals surface area contributed by atoms with E-state index in [1.807, 2.05) is 11.0 Å². The fourth-order valence-corrected chi connectivity index (χ4v) is 3.24. The number of hydrogen-bond acceptors (Lipinski definition) is 3. The van der Waals surface area contributed by atoms with Crippen molar-refractivity contribution >= 4 is 22.5 Å². The van der Waals surface area contributed by atoms with Gasteiger partial charge in [-0.1, -0.05) is 12.1 Å². The molecule has 22 heavy (non-hydrogen) atoms. The van der Waals surface area contributed by atoms with Crippen molar-refractivity contribution in [2.24, 2.45) is 0 Å². The van der Waals surface area contributed by atoms with Gasteiger partial charge in [0.1, 0.15) is 6.10 Å². The first-order valence-electron chi connectivity index (χ1n) is 7.84. The van der Waals surface area contributed by atoms with E-state index < -0.39 is 0 Å². The molecule has 1 unspecified atom stereocenters. The largest absolute Gasteiger partial charge is 0.368 e. The molecule has 1 N–H and O–H groups in total. The maximum absolute atomic E-state index is 12.3. The summed E-state index contributed by atoms with van der Waals surface area (Å²) in [5.74, 6) is 0.150. The second-order valence-electron chi connectivity index (χ2n) is 5.90. The molecular formula is C17H19N3O2. The number of fused-ring (bicyclic) bond motifs is 1. The minimum absolute atomic E-state index is 0.150. The van der Waals surface area contributed by atoms with Crippen molar-refractivity contribution in [3.05, 3.63) is 36.2 Å². The van der Waals surface area contributed by atoms with Crippen LogP contribution in [0.4, 0.5) is 0 Å². The molecule has 4 rings (SSSR count). The SMILES string of the molecule is O=C(C1CCCO1)N1CC=C(c2ccc3nc[nH]c3c2)CC1. The Hall–Kier alpha value is -2.14. The predicted molar refractivity (Wildman–Crippen MR) is 84.2 cm³/mol. The van der Waals surface area contributed by atoms with Crippen LogP contribution >= 0.6 is 0 Å². The van der Waals surface area contributed by atoms with E-state index in [1.54, 1.807) is 6.33 Å². The second-order valence-corrected chi connectivity index (χ2v) is 5.90. The summed E-state index contributed by atoms with van der Waals surface area (Å²) in [7, 11) is 0. The highest BCUT2D eigenvalue weighted by atomic mass is 16.5. The highest BCUT2D eigenvalue weighted by Crippen LogP contribution is 2.26. The van der Waals surface area contributed by atoms with E-state index >= 15 is 0 Å². The Labute approximate surface area is 129 Å². The minimum Gasteiger partial charge on any atom is -0.368 e. The van der Waals surface area contributed by atoms with Crippen molar-refractivity contribution in [2.45, 2.75) is 25.4 Å². The topological polar surface area (TPSA) is 58.2 Å². The highest BCUT2D eigenvalue weighted by Gasteiger charge is 2.29. The van der Waals surface area contributed by atoms with Gasteiger partial charge in [0.2, 0.25) is 0 Å². The fraction of sp³-hybridized carbons (Fsp3) is 0.412. The molecule has 114 valence electrons. The van der Waals surface area contributed by atoms with Gasteiger partial charge < -0.3 is 14.6 Å². The summed E-state index contributed by atoms with van der Waals surface area (Å²) in [5, 5.41) is 0. The standard InChI is InChI=1S/C17H19N3O2/c21-17(16-2-1-9-22-16)20-7-5-12(6-8-20)13-3-4-14-15(10-13)19-11-18-14/h3-5,10-11,16H,1-2,6-9H2,(H,18,19). The first kappa shape index (κ1) is 13.5. The first-order chi connectivity index (χ1) is 10.8. The number of carbonyl (C=O) groups excluding carboxylic acids is 1. The van der Waals surface area contributed by atoms with E-state index in [2.05, 4.69) is 28.2 Å². The highest BCUT2D eigenvalue weighted by molar-refractivity contribution is 5.84. The molecule has 0 spiro atoms. The van der Waals surface area contributed by atoms with Gasteiger partial charge in [-0.05, 0) is 42.5 Å². The van der Waals surface area contributed by atoms with Crippen molar-refractivity contribution < 1.29 is 9.53 Å². The van der Waals surface area contributed by atoms with Gasteiger partial charge in [-0.2, -0.15) is 0 Å². The molecule has 1 fully saturated rings. The molecule has 1 saturated heterocycles. The number of rotatable bonds is 2. The summed E-state index contributed by atoms with van der Waals surface area (Å²) in [6, 6.07) is 6.27. The van der Waals surface area contributed by atoms with Gasteiger partial charge in [0, 0.05) is 19.7 Å². The van der Waals surface area contributed by atoms with Crippen molar-refractivity contribution in [1.29, 1.82) is 0 Å². The Morgan fingerprint density at radius 3 is 3.14 bits per heavy atom. The number of aromatic amines is 1. The van der Waals surface area contributed by atoms with Crippen LogP contribution in [0.15, 0.2) is 30.6 Å². The number of imidazole rings is 1. The first-order valence-corrected chi connectivity index (χ1v) is 7.84. The van der Waals surface area contributed by atoms with Crippen LogP contribution in [0.2, 0.25) is 0 Å². The molecule has 0 radical (unpaired) electrons. The maximum Gasteiger partial charge on any atom is 0.251 e. The number of benzene rings is 1. The van der Waals surface area contributed by atoms with Gasteiger partial charge in [0.15, 0.2) is 0 Å². The zero-order valence-electron chi connectivity index (χ0n) is 12.4. The molecular weight excluding hydrogens is 278 g/mol. The van der Waals surface area contributed by atoms with Crippen LogP contribution in [0.25, 0.3) is 16.6 Å². The summed E-state index contributed by atoms with van der Waals surface area (Å²) in [4.78, 5) is 21.6. The Kier molecular flexibility index (Phi) is 3.42. The average molecular weight is 297 g/mol. The van der Waals surface area contributed by atoms with Gasteiger partial charge in [-0.15, -0.1) is 0 Å². The van der Waals surface area contributed by atoms with Gasteiger partial charge in [-0.25, -0.2) is 4.98 Å². The minimum atomic E-state index is -0.212. The van der Waals surface area contributed by atoms with Gasteiger partial charge in [0.05, 0.1) is 17.4 Å². The number of aromatic nitrogens is 2. The second kappa shape index (κ2) is 5.57. The summed E-state index contributed by atoms with van der Waals surface area (Å²) < 4.78 is 5.50. The number of ether oxygens (including phenoxy) is 1. The molecule has 2 aromatic rings. The Morgan fingerprint density at radius 1 is 1.41 bits per heavy atom. The Bertz CT molecular complexity index is 728. The summed E-state index contributed by atoms with van der Waals surface area (Å²) in [6.07, 6.45) is 6.41. The van der Waals surface area contributed by atoms with E-state index in [9.17, 15) is 4.79 Å². The van der Waals surface area contributed by atoms with Crippen LogP contribution in [0.3, 0.4) is 0 Å². The van der Waals surface area contributed by atoms with Crippen LogP contribution in [0.5, 0.6) is 0 Å². The predicted octanol–water partition coefficient (Wildman–Crippen LogP) is 2.36. The lowest BCUT2D eigenvalue weighted by Gasteiger charge is -2.28. The van der Waals surface area contributed by atoms with Crippen LogP contribution in [0.1, 0.15) is 24.8 Å². The smallest absolute Gasteiger partial charge is 0.251 e. The van der Waals surface area contributed by atoms with E-state index in [4.69, 9.17) is 4.74 Å². The summed E-state index contributed by atoms with van der Waals surface area (Å²) >= 11 is 0.